The van der Waals surface area contributed by atoms with Gasteiger partial charge in [0.25, 0.3) is 11.6 Å². The number of ether oxygens (including phenoxy) is 1. The fourth-order valence-corrected chi connectivity index (χ4v) is 4.24. The summed E-state index contributed by atoms with van der Waals surface area (Å²) in [7, 11) is -1.97. The Bertz CT molecular complexity index is 1170. The average Bonchev–Trinajstić information content (AvgIpc) is 3.09. The van der Waals surface area contributed by atoms with Crippen LogP contribution >= 0.6 is 11.3 Å². The number of benzene rings is 2. The number of hydrogen-bond acceptors (Lipinski definition) is 8. The van der Waals surface area contributed by atoms with Crippen LogP contribution in [-0.2, 0) is 9.84 Å². The number of carbonyl (C=O) groups is 1. The van der Waals surface area contributed by atoms with Gasteiger partial charge in [-0.15, -0.1) is 0 Å². The van der Waals surface area contributed by atoms with Crippen molar-refractivity contribution in [1.29, 1.82) is 0 Å². The van der Waals surface area contributed by atoms with Gasteiger partial charge in [-0.1, -0.05) is 18.3 Å². The smallest absolute Gasteiger partial charge is 0.274 e. The number of aromatic nitrogens is 1. The lowest BCUT2D eigenvalue weighted by molar-refractivity contribution is -0.384. The van der Waals surface area contributed by atoms with Crippen LogP contribution in [0.2, 0.25) is 0 Å². The highest BCUT2D eigenvalue weighted by atomic mass is 32.2. The molecule has 3 rings (SSSR count). The highest BCUT2D eigenvalue weighted by Gasteiger charge is 2.18. The van der Waals surface area contributed by atoms with E-state index in [1.165, 1.54) is 43.5 Å². The summed E-state index contributed by atoms with van der Waals surface area (Å²) in [6.07, 6.45) is 0. The zero-order valence-corrected chi connectivity index (χ0v) is 16.5. The van der Waals surface area contributed by atoms with Crippen LogP contribution in [0.25, 0.3) is 10.2 Å². The van der Waals surface area contributed by atoms with E-state index in [2.05, 4.69) is 10.3 Å². The molecule has 0 aliphatic heterocycles. The minimum atomic E-state index is -3.35. The van der Waals surface area contributed by atoms with E-state index in [0.717, 1.165) is 11.3 Å². The number of nitro groups is 1. The fourth-order valence-electron chi connectivity index (χ4n) is 2.45. The first-order chi connectivity index (χ1) is 13.2. The summed E-state index contributed by atoms with van der Waals surface area (Å²) in [4.78, 5) is 27.3. The summed E-state index contributed by atoms with van der Waals surface area (Å²) in [6, 6.07) is 8.19. The molecule has 0 aliphatic rings. The molecular formula is C17H15N3O6S2. The highest BCUT2D eigenvalue weighted by Crippen LogP contribution is 2.36. The predicted octanol–water partition coefficient (Wildman–Crippen LogP) is 3.26. The van der Waals surface area contributed by atoms with E-state index in [9.17, 15) is 23.3 Å². The molecule has 1 amide bonds. The topological polar surface area (TPSA) is 128 Å². The molecule has 0 unspecified atom stereocenters. The van der Waals surface area contributed by atoms with E-state index in [0.29, 0.717) is 10.2 Å². The Morgan fingerprint density at radius 3 is 2.54 bits per heavy atom. The van der Waals surface area contributed by atoms with Crippen LogP contribution in [-0.4, -0.2) is 37.1 Å². The van der Waals surface area contributed by atoms with Gasteiger partial charge in [0, 0.05) is 11.6 Å². The molecule has 0 spiro atoms. The van der Waals surface area contributed by atoms with E-state index in [1.807, 2.05) is 0 Å². The lowest BCUT2D eigenvalue weighted by Gasteiger charge is -2.04. The Morgan fingerprint density at radius 1 is 1.29 bits per heavy atom. The van der Waals surface area contributed by atoms with Gasteiger partial charge in [-0.2, -0.15) is 0 Å². The number of rotatable bonds is 6. The molecule has 28 heavy (non-hydrogen) atoms. The number of carbonyl (C=O) groups excluding carboxylic acids is 1. The van der Waals surface area contributed by atoms with Crippen molar-refractivity contribution in [3.8, 4) is 5.75 Å². The van der Waals surface area contributed by atoms with Gasteiger partial charge < -0.3 is 4.74 Å². The normalized spacial score (nSPS) is 11.4. The number of methoxy groups -OCH3 is 1. The van der Waals surface area contributed by atoms with Crippen molar-refractivity contribution in [3.63, 3.8) is 0 Å². The lowest BCUT2D eigenvalue weighted by Crippen LogP contribution is -2.12. The van der Waals surface area contributed by atoms with Crippen molar-refractivity contribution >= 4 is 48.1 Å². The van der Waals surface area contributed by atoms with Crippen molar-refractivity contribution in [2.45, 2.75) is 11.8 Å². The molecule has 0 saturated heterocycles. The summed E-state index contributed by atoms with van der Waals surface area (Å²) in [5.41, 5.74) is 0.517. The second-order valence-electron chi connectivity index (χ2n) is 5.65. The lowest BCUT2D eigenvalue weighted by atomic mass is 10.2. The number of nitrogens with one attached hydrogen (secondary N) is 1. The number of anilines is 1. The van der Waals surface area contributed by atoms with Gasteiger partial charge in [0.05, 0.1) is 33.4 Å². The van der Waals surface area contributed by atoms with E-state index < -0.39 is 20.7 Å². The van der Waals surface area contributed by atoms with Crippen LogP contribution in [0, 0.1) is 10.1 Å². The minimum Gasteiger partial charge on any atom is -0.494 e. The number of thiazole rings is 1. The number of nitrogens with zero attached hydrogens (tertiary/aromatic N) is 2. The molecule has 146 valence electrons. The molecule has 1 N–H and O–H groups in total. The minimum absolute atomic E-state index is 0.0295. The van der Waals surface area contributed by atoms with Crippen LogP contribution < -0.4 is 10.1 Å². The summed E-state index contributed by atoms with van der Waals surface area (Å²) in [6.45, 7) is 1.54. The third kappa shape index (κ3) is 3.80. The van der Waals surface area contributed by atoms with Gasteiger partial charge in [-0.25, -0.2) is 13.4 Å². The molecular weight excluding hydrogens is 406 g/mol. The Balaban J connectivity index is 1.88. The number of sulfone groups is 1. The number of nitro benzene ring substituents is 1. The number of non-ortho nitro benzene ring substituents is 1. The SMILES string of the molecule is CCS(=O)(=O)c1ccc(C(=O)Nc2nc3c(OC)cc([N+](=O)[O-])cc3s2)cc1. The summed E-state index contributed by atoms with van der Waals surface area (Å²) >= 11 is 1.07. The van der Waals surface area contributed by atoms with Gasteiger partial charge >= 0.3 is 0 Å². The Hall–Kier alpha value is -3.05. The Morgan fingerprint density at radius 2 is 1.96 bits per heavy atom. The van der Waals surface area contributed by atoms with Gasteiger partial charge in [0.15, 0.2) is 20.7 Å². The molecule has 0 fully saturated rings. The molecule has 1 heterocycles. The predicted molar refractivity (Wildman–Crippen MR) is 105 cm³/mol. The first kappa shape index (κ1) is 19.7. The summed E-state index contributed by atoms with van der Waals surface area (Å²) in [5, 5.41) is 13.9. The number of fused-ring (bicyclic) bond motifs is 1. The van der Waals surface area contributed by atoms with Gasteiger partial charge in [-0.3, -0.25) is 20.2 Å². The van der Waals surface area contributed by atoms with E-state index in [1.54, 1.807) is 6.92 Å². The second-order valence-corrected chi connectivity index (χ2v) is 8.96. The van der Waals surface area contributed by atoms with E-state index in [-0.39, 0.29) is 32.8 Å². The molecule has 9 nitrogen and oxygen atoms in total. The van der Waals surface area contributed by atoms with Crippen molar-refractivity contribution in [1.82, 2.24) is 4.98 Å². The molecule has 0 saturated carbocycles. The zero-order valence-electron chi connectivity index (χ0n) is 14.8. The van der Waals surface area contributed by atoms with Crippen molar-refractivity contribution < 1.29 is 22.9 Å². The van der Waals surface area contributed by atoms with Crippen LogP contribution in [0.3, 0.4) is 0 Å². The first-order valence-corrected chi connectivity index (χ1v) is 10.5. The van der Waals surface area contributed by atoms with Gasteiger partial charge in [-0.05, 0) is 24.3 Å². The number of hydrogen-bond donors (Lipinski definition) is 1. The zero-order chi connectivity index (χ0) is 20.5. The molecule has 2 aromatic carbocycles. The maximum atomic E-state index is 12.4. The average molecular weight is 421 g/mol. The molecule has 0 aliphatic carbocycles. The third-order valence-electron chi connectivity index (χ3n) is 3.95. The van der Waals surface area contributed by atoms with Crippen LogP contribution in [0.15, 0.2) is 41.3 Å². The molecule has 1 aromatic heterocycles. The summed E-state index contributed by atoms with van der Waals surface area (Å²) in [5.74, 6) is -0.277. The largest absolute Gasteiger partial charge is 0.494 e. The fraction of sp³-hybridized carbons (Fsp3) is 0.176. The van der Waals surface area contributed by atoms with Crippen molar-refractivity contribution in [2.24, 2.45) is 0 Å². The van der Waals surface area contributed by atoms with E-state index in [4.69, 9.17) is 4.74 Å². The van der Waals surface area contributed by atoms with Gasteiger partial charge in [0.1, 0.15) is 5.52 Å². The molecule has 3 aromatic rings. The maximum Gasteiger partial charge on any atom is 0.274 e. The highest BCUT2D eigenvalue weighted by molar-refractivity contribution is 7.91. The summed E-state index contributed by atoms with van der Waals surface area (Å²) < 4.78 is 29.3. The van der Waals surface area contributed by atoms with Crippen molar-refractivity contribution in [3.05, 3.63) is 52.1 Å². The second kappa shape index (κ2) is 7.52. The monoisotopic (exact) mass is 421 g/mol. The third-order valence-corrected chi connectivity index (χ3v) is 6.62. The van der Waals surface area contributed by atoms with Crippen molar-refractivity contribution in [2.75, 3.05) is 18.2 Å². The quantitative estimate of drug-likeness (QED) is 0.478. The van der Waals surface area contributed by atoms with Crippen LogP contribution in [0.1, 0.15) is 17.3 Å². The number of amides is 1. The molecule has 0 bridgehead atoms. The van der Waals surface area contributed by atoms with E-state index >= 15 is 0 Å². The van der Waals surface area contributed by atoms with Gasteiger partial charge in [0.2, 0.25) is 0 Å². The van der Waals surface area contributed by atoms with Crippen LogP contribution in [0.5, 0.6) is 5.75 Å². The molecule has 0 radical (unpaired) electrons. The Labute approximate surface area is 164 Å². The first-order valence-electron chi connectivity index (χ1n) is 8.02. The standard InChI is InChI=1S/C17H15N3O6S2/c1-3-28(24,25)12-6-4-10(5-7-12)16(21)19-17-18-15-13(26-2)8-11(20(22)23)9-14(15)27-17/h4-9H,3H2,1-2H3,(H,18,19,21). The molecule has 0 atom stereocenters. The molecule has 11 heteroatoms. The Kier molecular flexibility index (Phi) is 5.29. The maximum absolute atomic E-state index is 12.4. The van der Waals surface area contributed by atoms with Crippen LogP contribution in [0.4, 0.5) is 10.8 Å².